The maximum Gasteiger partial charge on any atom is 0.260 e. The number of nitrogens with one attached hydrogen (secondary N) is 1. The lowest BCUT2D eigenvalue weighted by atomic mass is 10.0. The van der Waals surface area contributed by atoms with E-state index in [0.717, 1.165) is 29.7 Å². The lowest BCUT2D eigenvalue weighted by Gasteiger charge is -2.19. The highest BCUT2D eigenvalue weighted by Crippen LogP contribution is 2.26. The molecule has 0 aliphatic carbocycles. The number of nitrogens with two attached hydrogens (primary N) is 1. The Balaban J connectivity index is 2.79. The molecule has 0 saturated heterocycles. The van der Waals surface area contributed by atoms with Crippen LogP contribution in [0.2, 0.25) is 0 Å². The van der Waals surface area contributed by atoms with Gasteiger partial charge in [-0.2, -0.15) is 0 Å². The summed E-state index contributed by atoms with van der Waals surface area (Å²) >= 11 is 0. The second kappa shape index (κ2) is 7.90. The Morgan fingerprint density at radius 1 is 1.35 bits per heavy atom. The molecule has 4 heteroatoms. The van der Waals surface area contributed by atoms with E-state index in [4.69, 9.17) is 10.5 Å². The minimum Gasteiger partial charge on any atom is -0.480 e. The third kappa shape index (κ3) is 4.53. The van der Waals surface area contributed by atoms with E-state index in [9.17, 15) is 4.79 Å². The summed E-state index contributed by atoms with van der Waals surface area (Å²) in [5.41, 5.74) is 8.88. The van der Waals surface area contributed by atoms with Gasteiger partial charge in [-0.25, -0.2) is 0 Å². The number of carbonyl (C=O) groups is 1. The van der Waals surface area contributed by atoms with Crippen LogP contribution in [0.4, 0.5) is 0 Å². The predicted molar refractivity (Wildman–Crippen MR) is 82.1 cm³/mol. The van der Waals surface area contributed by atoms with Crippen LogP contribution in [0.15, 0.2) is 12.1 Å². The Bertz CT molecular complexity index is 435. The molecule has 20 heavy (non-hydrogen) atoms. The van der Waals surface area contributed by atoms with Gasteiger partial charge >= 0.3 is 0 Å². The summed E-state index contributed by atoms with van der Waals surface area (Å²) in [6, 6.07) is 4.15. The minimum absolute atomic E-state index is 0.0725. The molecule has 1 amide bonds. The van der Waals surface area contributed by atoms with Gasteiger partial charge in [0.05, 0.1) is 0 Å². The zero-order chi connectivity index (χ0) is 15.1. The van der Waals surface area contributed by atoms with Gasteiger partial charge in [-0.15, -0.1) is 0 Å². The number of aryl methyl sites for hydroxylation is 2. The van der Waals surface area contributed by atoms with E-state index in [0.29, 0.717) is 13.1 Å². The van der Waals surface area contributed by atoms with Crippen molar-refractivity contribution in [2.75, 3.05) is 13.1 Å². The van der Waals surface area contributed by atoms with Gasteiger partial charge in [-0.3, -0.25) is 4.79 Å². The lowest BCUT2D eigenvalue weighted by molar-refractivity contribution is -0.127. The molecule has 1 rings (SSSR count). The summed E-state index contributed by atoms with van der Waals surface area (Å²) in [4.78, 5) is 11.8. The fourth-order valence-corrected chi connectivity index (χ4v) is 2.16. The molecule has 0 saturated carbocycles. The largest absolute Gasteiger partial charge is 0.480 e. The van der Waals surface area contributed by atoms with Gasteiger partial charge < -0.3 is 15.8 Å². The molecular formula is C16H26N2O2. The van der Waals surface area contributed by atoms with Gasteiger partial charge in [0.15, 0.2) is 6.10 Å². The third-order valence-corrected chi connectivity index (χ3v) is 3.17. The Labute approximate surface area is 121 Å². The van der Waals surface area contributed by atoms with Crippen molar-refractivity contribution in [2.24, 2.45) is 5.73 Å². The molecule has 1 atom stereocenters. The Kier molecular flexibility index (Phi) is 6.52. The fraction of sp³-hybridized carbons (Fsp3) is 0.562. The molecule has 0 aliphatic rings. The topological polar surface area (TPSA) is 64.3 Å². The van der Waals surface area contributed by atoms with Crippen LogP contribution >= 0.6 is 0 Å². The molecule has 0 spiro atoms. The smallest absolute Gasteiger partial charge is 0.260 e. The molecule has 1 aromatic carbocycles. The lowest BCUT2D eigenvalue weighted by Crippen LogP contribution is -2.36. The van der Waals surface area contributed by atoms with E-state index in [2.05, 4.69) is 17.4 Å². The molecule has 1 unspecified atom stereocenters. The van der Waals surface area contributed by atoms with Crippen molar-refractivity contribution in [1.29, 1.82) is 0 Å². The average molecular weight is 278 g/mol. The number of hydrogen-bond acceptors (Lipinski definition) is 3. The summed E-state index contributed by atoms with van der Waals surface area (Å²) in [5.74, 6) is 0.724. The van der Waals surface area contributed by atoms with Gasteiger partial charge in [0.2, 0.25) is 0 Å². The van der Waals surface area contributed by atoms with Crippen LogP contribution in [0.25, 0.3) is 0 Å². The van der Waals surface area contributed by atoms with Crippen molar-refractivity contribution < 1.29 is 9.53 Å². The van der Waals surface area contributed by atoms with E-state index in [1.165, 1.54) is 5.56 Å². The van der Waals surface area contributed by atoms with Gasteiger partial charge in [-0.1, -0.05) is 19.1 Å². The Hall–Kier alpha value is -1.55. The summed E-state index contributed by atoms with van der Waals surface area (Å²) < 4.78 is 5.82. The number of ether oxygens (including phenoxy) is 1. The molecule has 3 N–H and O–H groups in total. The van der Waals surface area contributed by atoms with Crippen LogP contribution < -0.4 is 15.8 Å². The highest BCUT2D eigenvalue weighted by molar-refractivity contribution is 5.80. The highest BCUT2D eigenvalue weighted by atomic mass is 16.5. The fourth-order valence-electron chi connectivity index (χ4n) is 2.16. The SMILES string of the molecule is CCCNC(=O)C(C)Oc1c(C)cc(CCN)cc1C. The van der Waals surface area contributed by atoms with Crippen molar-refractivity contribution >= 4 is 5.91 Å². The standard InChI is InChI=1S/C16H26N2O2/c1-5-8-18-16(19)13(4)20-15-11(2)9-14(6-7-17)10-12(15)3/h9-10,13H,5-8,17H2,1-4H3,(H,18,19). The van der Waals surface area contributed by atoms with Crippen molar-refractivity contribution in [1.82, 2.24) is 5.32 Å². The first kappa shape index (κ1) is 16.5. The summed E-state index contributed by atoms with van der Waals surface area (Å²) in [6.45, 7) is 9.11. The van der Waals surface area contributed by atoms with Gasteiger partial charge in [-0.05, 0) is 56.8 Å². The van der Waals surface area contributed by atoms with Crippen LogP contribution in [0.5, 0.6) is 5.75 Å². The third-order valence-electron chi connectivity index (χ3n) is 3.17. The van der Waals surface area contributed by atoms with Crippen LogP contribution in [-0.2, 0) is 11.2 Å². The minimum atomic E-state index is -0.487. The first-order valence-corrected chi connectivity index (χ1v) is 7.24. The van der Waals surface area contributed by atoms with Crippen LogP contribution in [-0.4, -0.2) is 25.1 Å². The molecular weight excluding hydrogens is 252 g/mol. The first-order valence-electron chi connectivity index (χ1n) is 7.24. The number of carbonyl (C=O) groups excluding carboxylic acids is 1. The molecule has 1 aromatic rings. The normalized spacial score (nSPS) is 12.1. The zero-order valence-corrected chi connectivity index (χ0v) is 13.0. The van der Waals surface area contributed by atoms with E-state index in [-0.39, 0.29) is 5.91 Å². The van der Waals surface area contributed by atoms with Gasteiger partial charge in [0.1, 0.15) is 5.75 Å². The highest BCUT2D eigenvalue weighted by Gasteiger charge is 2.16. The van der Waals surface area contributed by atoms with Crippen molar-refractivity contribution in [3.8, 4) is 5.75 Å². The maximum absolute atomic E-state index is 11.8. The zero-order valence-electron chi connectivity index (χ0n) is 13.0. The van der Waals surface area contributed by atoms with E-state index in [1.807, 2.05) is 20.8 Å². The Morgan fingerprint density at radius 2 is 1.95 bits per heavy atom. The van der Waals surface area contributed by atoms with Crippen LogP contribution in [0, 0.1) is 13.8 Å². The first-order chi connectivity index (χ1) is 9.49. The number of benzene rings is 1. The number of amides is 1. The van der Waals surface area contributed by atoms with Crippen molar-refractivity contribution in [3.05, 3.63) is 28.8 Å². The number of hydrogen-bond donors (Lipinski definition) is 2. The Morgan fingerprint density at radius 3 is 2.45 bits per heavy atom. The van der Waals surface area contributed by atoms with Gasteiger partial charge in [0.25, 0.3) is 5.91 Å². The molecule has 0 aromatic heterocycles. The second-order valence-electron chi connectivity index (χ2n) is 5.15. The van der Waals surface area contributed by atoms with E-state index >= 15 is 0 Å². The monoisotopic (exact) mass is 278 g/mol. The van der Waals surface area contributed by atoms with E-state index in [1.54, 1.807) is 6.92 Å². The maximum atomic E-state index is 11.8. The van der Waals surface area contributed by atoms with Crippen molar-refractivity contribution in [3.63, 3.8) is 0 Å². The van der Waals surface area contributed by atoms with Gasteiger partial charge in [0, 0.05) is 6.54 Å². The number of rotatable bonds is 7. The molecule has 0 radical (unpaired) electrons. The molecule has 0 fully saturated rings. The quantitative estimate of drug-likeness (QED) is 0.803. The van der Waals surface area contributed by atoms with E-state index < -0.39 is 6.10 Å². The summed E-state index contributed by atoms with van der Waals surface area (Å²) in [7, 11) is 0. The summed E-state index contributed by atoms with van der Waals surface area (Å²) in [6.07, 6.45) is 1.29. The molecule has 0 bridgehead atoms. The molecule has 0 aliphatic heterocycles. The van der Waals surface area contributed by atoms with Crippen molar-refractivity contribution in [2.45, 2.75) is 46.6 Å². The predicted octanol–water partition coefficient (Wildman–Crippen LogP) is 2.10. The second-order valence-corrected chi connectivity index (χ2v) is 5.15. The summed E-state index contributed by atoms with van der Waals surface area (Å²) in [5, 5.41) is 2.84. The molecule has 0 heterocycles. The van der Waals surface area contributed by atoms with Crippen LogP contribution in [0.3, 0.4) is 0 Å². The average Bonchev–Trinajstić information content (AvgIpc) is 2.40. The van der Waals surface area contributed by atoms with Crippen LogP contribution in [0.1, 0.15) is 37.0 Å². The molecule has 112 valence electrons. The molecule has 4 nitrogen and oxygen atoms in total.